The zero-order valence-electron chi connectivity index (χ0n) is 18.2. The number of hydrogen-bond donors (Lipinski definition) is 2. The van der Waals surface area contributed by atoms with E-state index in [0.29, 0.717) is 5.69 Å². The molecule has 1 heterocycles. The van der Waals surface area contributed by atoms with Crippen molar-refractivity contribution >= 4 is 40.9 Å². The van der Waals surface area contributed by atoms with E-state index >= 15 is 0 Å². The van der Waals surface area contributed by atoms with E-state index in [2.05, 4.69) is 10.6 Å². The predicted octanol–water partition coefficient (Wildman–Crippen LogP) is 3.96. The van der Waals surface area contributed by atoms with Gasteiger partial charge < -0.3 is 24.8 Å². The molecule has 0 unspecified atom stereocenters. The number of hydrogen-bond acceptors (Lipinski definition) is 7. The van der Waals surface area contributed by atoms with Gasteiger partial charge in [-0.3, -0.25) is 9.59 Å². The monoisotopic (exact) mass is 498 g/mol. The molecule has 1 aliphatic heterocycles. The van der Waals surface area contributed by atoms with Crippen LogP contribution >= 0.6 is 11.8 Å². The van der Waals surface area contributed by atoms with Gasteiger partial charge in [-0.05, 0) is 43.3 Å². The average molecular weight is 498 g/mol. The van der Waals surface area contributed by atoms with Gasteiger partial charge >= 0.3 is 12.1 Å². The van der Waals surface area contributed by atoms with E-state index in [1.807, 2.05) is 0 Å². The second kappa shape index (κ2) is 10.8. The molecule has 0 spiro atoms. The number of rotatable bonds is 8. The number of fused-ring (bicyclic) bond motifs is 1. The number of alkyl halides is 3. The number of carbonyl (C=O) groups excluding carboxylic acids is 3. The molecule has 0 saturated carbocycles. The Morgan fingerprint density at radius 1 is 1.15 bits per heavy atom. The molecule has 0 bridgehead atoms. The molecule has 1 aliphatic rings. The molecule has 3 rings (SSSR count). The molecule has 34 heavy (non-hydrogen) atoms. The highest BCUT2D eigenvalue weighted by Gasteiger charge is 2.31. The van der Waals surface area contributed by atoms with Crippen molar-refractivity contribution in [2.24, 2.45) is 0 Å². The molecule has 12 heteroatoms. The predicted molar refractivity (Wildman–Crippen MR) is 118 cm³/mol. The first-order valence-electron chi connectivity index (χ1n) is 10.00. The van der Waals surface area contributed by atoms with Crippen LogP contribution in [0.3, 0.4) is 0 Å². The van der Waals surface area contributed by atoms with Gasteiger partial charge in [-0.2, -0.15) is 13.2 Å². The van der Waals surface area contributed by atoms with E-state index < -0.39 is 30.2 Å². The SMILES string of the molecule is COCCOc1ccc(C(F)(F)F)cc1NC(=O)COC(=O)c1ccc2c(c1)NC(=O)[C@H](C)S2. The quantitative estimate of drug-likeness (QED) is 0.420. The molecule has 0 aliphatic carbocycles. The maximum absolute atomic E-state index is 13.1. The molecule has 2 N–H and O–H groups in total. The number of amides is 2. The van der Waals surface area contributed by atoms with Crippen molar-refractivity contribution in [3.63, 3.8) is 0 Å². The standard InChI is InChI=1S/C22H21F3N2O6S/c1-12-20(29)27-16-9-13(3-6-18(16)34-12)21(30)33-11-19(28)26-15-10-14(22(23,24)25)4-5-17(15)32-8-7-31-2/h3-6,9-10,12H,7-8,11H2,1-2H3,(H,26,28)(H,27,29)/t12-/m0/s1. The summed E-state index contributed by atoms with van der Waals surface area (Å²) in [6.07, 6.45) is -4.63. The van der Waals surface area contributed by atoms with Crippen molar-refractivity contribution in [3.8, 4) is 5.75 Å². The van der Waals surface area contributed by atoms with Crippen molar-refractivity contribution in [3.05, 3.63) is 47.5 Å². The highest BCUT2D eigenvalue weighted by atomic mass is 32.2. The fraction of sp³-hybridized carbons (Fsp3) is 0.318. The van der Waals surface area contributed by atoms with Crippen LogP contribution in [-0.2, 0) is 25.2 Å². The molecule has 0 radical (unpaired) electrons. The summed E-state index contributed by atoms with van der Waals surface area (Å²) >= 11 is 1.34. The lowest BCUT2D eigenvalue weighted by Crippen LogP contribution is -2.26. The summed E-state index contributed by atoms with van der Waals surface area (Å²) in [7, 11) is 1.43. The maximum atomic E-state index is 13.1. The fourth-order valence-corrected chi connectivity index (χ4v) is 3.83. The molecule has 0 saturated heterocycles. The number of anilines is 2. The van der Waals surface area contributed by atoms with E-state index in [0.717, 1.165) is 23.1 Å². The Morgan fingerprint density at radius 3 is 2.62 bits per heavy atom. The van der Waals surface area contributed by atoms with Gasteiger partial charge in [-0.15, -0.1) is 11.8 Å². The largest absolute Gasteiger partial charge is 0.489 e. The van der Waals surface area contributed by atoms with Crippen LogP contribution in [0.15, 0.2) is 41.3 Å². The summed E-state index contributed by atoms with van der Waals surface area (Å²) in [5, 5.41) is 4.69. The van der Waals surface area contributed by atoms with Gasteiger partial charge in [0.1, 0.15) is 12.4 Å². The van der Waals surface area contributed by atoms with Crippen LogP contribution in [0, 0.1) is 0 Å². The van der Waals surface area contributed by atoms with Crippen molar-refractivity contribution < 1.29 is 41.8 Å². The van der Waals surface area contributed by atoms with E-state index in [9.17, 15) is 27.6 Å². The van der Waals surface area contributed by atoms with Gasteiger partial charge in [0, 0.05) is 12.0 Å². The fourth-order valence-electron chi connectivity index (χ4n) is 2.90. The normalized spacial score (nSPS) is 15.2. The van der Waals surface area contributed by atoms with Crippen LogP contribution in [-0.4, -0.2) is 50.0 Å². The number of halogens is 3. The molecule has 182 valence electrons. The first-order valence-corrected chi connectivity index (χ1v) is 10.9. The van der Waals surface area contributed by atoms with Crippen LogP contribution in [0.5, 0.6) is 5.75 Å². The first kappa shape index (κ1) is 25.4. The third-order valence-corrected chi connectivity index (χ3v) is 5.78. The average Bonchev–Trinajstić information content (AvgIpc) is 2.78. The van der Waals surface area contributed by atoms with Gasteiger partial charge in [0.25, 0.3) is 5.91 Å². The molecule has 0 fully saturated rings. The van der Waals surface area contributed by atoms with Crippen LogP contribution in [0.25, 0.3) is 0 Å². The van der Waals surface area contributed by atoms with E-state index in [4.69, 9.17) is 14.2 Å². The smallest absolute Gasteiger partial charge is 0.416 e. The Balaban J connectivity index is 1.65. The van der Waals surface area contributed by atoms with Gasteiger partial charge in [0.15, 0.2) is 6.61 Å². The van der Waals surface area contributed by atoms with Gasteiger partial charge in [-0.25, -0.2) is 4.79 Å². The topological polar surface area (TPSA) is 103 Å². The molecule has 2 aromatic rings. The lowest BCUT2D eigenvalue weighted by molar-refractivity contribution is -0.137. The zero-order valence-corrected chi connectivity index (χ0v) is 19.0. The second-order valence-electron chi connectivity index (χ2n) is 7.13. The Morgan fingerprint density at radius 2 is 1.91 bits per heavy atom. The number of nitrogens with one attached hydrogen (secondary N) is 2. The first-order chi connectivity index (χ1) is 16.1. The summed E-state index contributed by atoms with van der Waals surface area (Å²) in [5.41, 5.74) is -0.657. The highest BCUT2D eigenvalue weighted by molar-refractivity contribution is 8.00. The van der Waals surface area contributed by atoms with Crippen LogP contribution in [0.2, 0.25) is 0 Å². The minimum absolute atomic E-state index is 0.00174. The molecular formula is C22H21F3N2O6S. The third-order valence-electron chi connectivity index (χ3n) is 4.61. The third kappa shape index (κ3) is 6.41. The summed E-state index contributed by atoms with van der Waals surface area (Å²) in [6, 6.07) is 7.21. The van der Waals surface area contributed by atoms with Crippen molar-refractivity contribution in [2.75, 3.05) is 37.6 Å². The van der Waals surface area contributed by atoms with Gasteiger partial charge in [0.2, 0.25) is 5.91 Å². The molecule has 1 atom stereocenters. The Labute approximate surface area is 197 Å². The second-order valence-corrected chi connectivity index (χ2v) is 8.52. The summed E-state index contributed by atoms with van der Waals surface area (Å²) in [6.45, 7) is 1.24. The molecule has 8 nitrogen and oxygen atoms in total. The molecular weight excluding hydrogens is 477 g/mol. The number of ether oxygens (including phenoxy) is 3. The minimum atomic E-state index is -4.63. The Hall–Kier alpha value is -3.25. The van der Waals surface area contributed by atoms with Crippen molar-refractivity contribution in [2.45, 2.75) is 23.2 Å². The summed E-state index contributed by atoms with van der Waals surface area (Å²) < 4.78 is 54.4. The summed E-state index contributed by atoms with van der Waals surface area (Å²) in [5.74, 6) is -1.90. The molecule has 0 aromatic heterocycles. The number of esters is 1. The highest BCUT2D eigenvalue weighted by Crippen LogP contribution is 2.36. The zero-order chi connectivity index (χ0) is 24.9. The molecule has 2 amide bonds. The van der Waals surface area contributed by atoms with E-state index in [1.165, 1.54) is 31.0 Å². The van der Waals surface area contributed by atoms with Gasteiger partial charge in [0.05, 0.1) is 34.4 Å². The lowest BCUT2D eigenvalue weighted by atomic mass is 10.1. The van der Waals surface area contributed by atoms with Gasteiger partial charge in [-0.1, -0.05) is 0 Å². The van der Waals surface area contributed by atoms with E-state index in [-0.39, 0.29) is 41.4 Å². The van der Waals surface area contributed by atoms with Crippen LogP contribution < -0.4 is 15.4 Å². The van der Waals surface area contributed by atoms with E-state index in [1.54, 1.807) is 13.0 Å². The lowest BCUT2D eigenvalue weighted by Gasteiger charge is -2.21. The van der Waals surface area contributed by atoms with Crippen LogP contribution in [0.1, 0.15) is 22.8 Å². The maximum Gasteiger partial charge on any atom is 0.416 e. The number of thioether (sulfide) groups is 1. The van der Waals surface area contributed by atoms with Crippen LogP contribution in [0.4, 0.5) is 24.5 Å². The summed E-state index contributed by atoms with van der Waals surface area (Å²) in [4.78, 5) is 37.3. The Kier molecular flexibility index (Phi) is 8.05. The number of carbonyl (C=O) groups is 3. The van der Waals surface area contributed by atoms with Crippen molar-refractivity contribution in [1.82, 2.24) is 0 Å². The Bertz CT molecular complexity index is 1090. The number of methoxy groups -OCH3 is 1. The van der Waals surface area contributed by atoms with Crippen molar-refractivity contribution in [1.29, 1.82) is 0 Å². The number of benzene rings is 2. The minimum Gasteiger partial charge on any atom is -0.489 e. The molecule has 2 aromatic carbocycles.